The lowest BCUT2D eigenvalue weighted by Crippen LogP contribution is -2.43. The van der Waals surface area contributed by atoms with E-state index < -0.39 is 6.04 Å². The molecule has 2 aliphatic heterocycles. The molecule has 0 bridgehead atoms. The molecule has 0 spiro atoms. The number of hydrogen-bond donors (Lipinski definition) is 1. The number of nitrogens with zero attached hydrogens (tertiary/aromatic N) is 2. The summed E-state index contributed by atoms with van der Waals surface area (Å²) in [5, 5.41) is 1.92. The van der Waals surface area contributed by atoms with Gasteiger partial charge in [0.05, 0.1) is 12.0 Å². The number of hydrazine groups is 1. The van der Waals surface area contributed by atoms with Gasteiger partial charge in [-0.3, -0.25) is 14.5 Å². The first-order chi connectivity index (χ1) is 11.7. The third kappa shape index (κ3) is 2.33. The minimum Gasteiger partial charge on any atom is -0.284 e. The fourth-order valence-corrected chi connectivity index (χ4v) is 3.68. The van der Waals surface area contributed by atoms with Gasteiger partial charge in [0.25, 0.3) is 0 Å². The summed E-state index contributed by atoms with van der Waals surface area (Å²) in [7, 11) is 1.58. The Morgan fingerprint density at radius 3 is 2.21 bits per heavy atom. The van der Waals surface area contributed by atoms with E-state index in [0.29, 0.717) is 6.54 Å². The number of fused-ring (bicyclic) bond motifs is 1. The fraction of sp³-hybridized carbons (Fsp3) is 0.263. The van der Waals surface area contributed by atoms with Gasteiger partial charge in [-0.05, 0) is 11.1 Å². The van der Waals surface area contributed by atoms with E-state index in [0.717, 1.165) is 11.1 Å². The van der Waals surface area contributed by atoms with E-state index in [4.69, 9.17) is 0 Å². The van der Waals surface area contributed by atoms with Crippen LogP contribution in [0.4, 0.5) is 0 Å². The number of rotatable bonds is 3. The van der Waals surface area contributed by atoms with Crippen LogP contribution in [0.25, 0.3) is 0 Å². The molecule has 2 heterocycles. The lowest BCUT2D eigenvalue weighted by molar-refractivity contribution is -0.139. The molecular weight excluding hydrogens is 302 g/mol. The van der Waals surface area contributed by atoms with Gasteiger partial charge in [-0.15, -0.1) is 0 Å². The molecule has 5 heteroatoms. The smallest absolute Gasteiger partial charge is 0.248 e. The highest BCUT2D eigenvalue weighted by atomic mass is 16.2. The first-order valence-electron chi connectivity index (χ1n) is 8.10. The number of carbonyl (C=O) groups excluding carboxylic acids is 2. The Balaban J connectivity index is 1.69. The molecule has 0 saturated carbocycles. The summed E-state index contributed by atoms with van der Waals surface area (Å²) >= 11 is 0. The van der Waals surface area contributed by atoms with Gasteiger partial charge in [0, 0.05) is 13.6 Å². The third-order valence-corrected chi connectivity index (χ3v) is 4.89. The number of hydrogen-bond acceptors (Lipinski definition) is 4. The summed E-state index contributed by atoms with van der Waals surface area (Å²) in [5.41, 5.74) is 5.54. The molecular formula is C19H19N3O2. The van der Waals surface area contributed by atoms with Crippen LogP contribution in [-0.2, 0) is 16.1 Å². The molecule has 0 aromatic heterocycles. The Hall–Kier alpha value is -2.50. The van der Waals surface area contributed by atoms with Crippen molar-refractivity contribution in [2.75, 3.05) is 7.05 Å². The molecule has 1 N–H and O–H groups in total. The van der Waals surface area contributed by atoms with Gasteiger partial charge in [0.2, 0.25) is 11.8 Å². The summed E-state index contributed by atoms with van der Waals surface area (Å²) in [5.74, 6) is -0.623. The predicted octanol–water partition coefficient (Wildman–Crippen LogP) is 1.73. The normalized spacial score (nSPS) is 26.9. The molecule has 2 fully saturated rings. The van der Waals surface area contributed by atoms with Gasteiger partial charge in [-0.2, -0.15) is 0 Å². The second kappa shape index (κ2) is 5.85. The average molecular weight is 321 g/mol. The molecule has 24 heavy (non-hydrogen) atoms. The van der Waals surface area contributed by atoms with Gasteiger partial charge >= 0.3 is 0 Å². The second-order valence-electron chi connectivity index (χ2n) is 6.34. The van der Waals surface area contributed by atoms with Crippen LogP contribution in [0.1, 0.15) is 17.2 Å². The summed E-state index contributed by atoms with van der Waals surface area (Å²) in [6.07, 6.45) is 0. The minimum atomic E-state index is -0.451. The molecule has 4 rings (SSSR count). The van der Waals surface area contributed by atoms with E-state index in [2.05, 4.69) is 5.43 Å². The van der Waals surface area contributed by atoms with Gasteiger partial charge in [0.15, 0.2) is 0 Å². The van der Waals surface area contributed by atoms with Crippen LogP contribution in [0, 0.1) is 5.92 Å². The zero-order valence-corrected chi connectivity index (χ0v) is 13.4. The van der Waals surface area contributed by atoms with Crippen molar-refractivity contribution in [2.45, 2.75) is 18.6 Å². The van der Waals surface area contributed by atoms with Crippen molar-refractivity contribution in [1.82, 2.24) is 15.3 Å². The van der Waals surface area contributed by atoms with Crippen LogP contribution in [0.3, 0.4) is 0 Å². The van der Waals surface area contributed by atoms with E-state index >= 15 is 0 Å². The Kier molecular flexibility index (Phi) is 3.67. The summed E-state index contributed by atoms with van der Waals surface area (Å²) in [6, 6.07) is 19.2. The van der Waals surface area contributed by atoms with Crippen LogP contribution in [0.2, 0.25) is 0 Å². The minimum absolute atomic E-state index is 0.109. The van der Waals surface area contributed by atoms with Gasteiger partial charge in [0.1, 0.15) is 6.04 Å². The number of carbonyl (C=O) groups is 2. The number of likely N-dealkylation sites (N-methyl/N-ethyl adjacent to an activating group) is 1. The van der Waals surface area contributed by atoms with E-state index in [1.165, 1.54) is 4.90 Å². The topological polar surface area (TPSA) is 52.7 Å². The van der Waals surface area contributed by atoms with E-state index in [1.807, 2.05) is 65.7 Å². The zero-order chi connectivity index (χ0) is 16.7. The molecule has 2 aromatic carbocycles. The van der Waals surface area contributed by atoms with E-state index in [9.17, 15) is 9.59 Å². The molecule has 0 unspecified atom stereocenters. The SMILES string of the molecule is CN1C(=O)[C@H]2[C@@H](C1=O)N(Cc1ccccc1)N[C@H]2c1ccccc1. The number of likely N-dealkylation sites (tertiary alicyclic amines) is 1. The van der Waals surface area contributed by atoms with Crippen molar-refractivity contribution in [3.05, 3.63) is 71.8 Å². The first-order valence-corrected chi connectivity index (χ1v) is 8.10. The molecule has 2 aromatic rings. The standard InChI is InChI=1S/C19H19N3O2/c1-21-18(23)15-16(14-10-6-3-7-11-14)20-22(17(15)19(21)24)12-13-8-4-2-5-9-13/h2-11,15-17,20H,12H2,1H3/t15-,16+,17+/m1/s1. The van der Waals surface area contributed by atoms with Crippen molar-refractivity contribution >= 4 is 11.8 Å². The van der Waals surface area contributed by atoms with Gasteiger partial charge in [-0.25, -0.2) is 10.4 Å². The molecule has 0 aliphatic carbocycles. The highest BCUT2D eigenvalue weighted by Gasteiger charge is 2.57. The Morgan fingerprint density at radius 1 is 0.917 bits per heavy atom. The number of imide groups is 1. The lowest BCUT2D eigenvalue weighted by atomic mass is 9.91. The van der Waals surface area contributed by atoms with Gasteiger partial charge < -0.3 is 0 Å². The molecule has 3 atom stereocenters. The highest BCUT2D eigenvalue weighted by Crippen LogP contribution is 2.40. The molecule has 2 aliphatic rings. The van der Waals surface area contributed by atoms with Crippen LogP contribution < -0.4 is 5.43 Å². The quantitative estimate of drug-likeness (QED) is 0.875. The lowest BCUT2D eigenvalue weighted by Gasteiger charge is -2.23. The average Bonchev–Trinajstić information content (AvgIpc) is 3.09. The second-order valence-corrected chi connectivity index (χ2v) is 6.34. The van der Waals surface area contributed by atoms with Crippen LogP contribution in [0.15, 0.2) is 60.7 Å². The number of nitrogens with one attached hydrogen (secondary N) is 1. The van der Waals surface area contributed by atoms with Crippen molar-refractivity contribution in [3.63, 3.8) is 0 Å². The zero-order valence-electron chi connectivity index (χ0n) is 13.4. The predicted molar refractivity (Wildman–Crippen MR) is 89.4 cm³/mol. The van der Waals surface area contributed by atoms with Crippen LogP contribution >= 0.6 is 0 Å². The molecule has 122 valence electrons. The van der Waals surface area contributed by atoms with Gasteiger partial charge in [-0.1, -0.05) is 60.7 Å². The first kappa shape index (κ1) is 15.1. The largest absolute Gasteiger partial charge is 0.284 e. The maximum absolute atomic E-state index is 12.6. The molecule has 0 radical (unpaired) electrons. The fourth-order valence-electron chi connectivity index (χ4n) is 3.68. The molecule has 5 nitrogen and oxygen atoms in total. The highest BCUT2D eigenvalue weighted by molar-refractivity contribution is 6.07. The monoisotopic (exact) mass is 321 g/mol. The van der Waals surface area contributed by atoms with Crippen molar-refractivity contribution in [1.29, 1.82) is 0 Å². The number of amides is 2. The Bertz CT molecular complexity index is 763. The van der Waals surface area contributed by atoms with E-state index in [1.54, 1.807) is 7.05 Å². The Labute approximate surface area is 140 Å². The van der Waals surface area contributed by atoms with Crippen LogP contribution in [0.5, 0.6) is 0 Å². The maximum Gasteiger partial charge on any atom is 0.248 e. The summed E-state index contributed by atoms with van der Waals surface area (Å²) in [4.78, 5) is 26.5. The summed E-state index contributed by atoms with van der Waals surface area (Å²) < 4.78 is 0. The summed E-state index contributed by atoms with van der Waals surface area (Å²) in [6.45, 7) is 0.582. The molecule has 2 amide bonds. The van der Waals surface area contributed by atoms with Crippen molar-refractivity contribution < 1.29 is 9.59 Å². The van der Waals surface area contributed by atoms with E-state index in [-0.39, 0.29) is 23.8 Å². The van der Waals surface area contributed by atoms with Crippen molar-refractivity contribution in [2.24, 2.45) is 5.92 Å². The van der Waals surface area contributed by atoms with Crippen LogP contribution in [-0.4, -0.2) is 34.8 Å². The van der Waals surface area contributed by atoms with Crippen molar-refractivity contribution in [3.8, 4) is 0 Å². The molecule has 2 saturated heterocycles. The third-order valence-electron chi connectivity index (χ3n) is 4.89. The number of benzene rings is 2. The Morgan fingerprint density at radius 2 is 1.54 bits per heavy atom. The maximum atomic E-state index is 12.6.